The Balaban J connectivity index is 2.04. The number of aryl methyl sites for hydroxylation is 1. The summed E-state index contributed by atoms with van der Waals surface area (Å²) in [5, 5.41) is 11.3. The maximum Gasteiger partial charge on any atom is 0.0972 e. The number of quaternary nitrogens is 1. The summed E-state index contributed by atoms with van der Waals surface area (Å²) in [6.07, 6.45) is 12.4. The molecule has 2 rings (SSSR count). The van der Waals surface area contributed by atoms with Gasteiger partial charge in [-0.25, -0.2) is 0 Å². The Labute approximate surface area is 191 Å². The number of hydrogen-bond acceptors (Lipinski definition) is 1. The van der Waals surface area contributed by atoms with E-state index in [0.29, 0.717) is 0 Å². The second-order valence-electron chi connectivity index (χ2n) is 9.66. The fraction of sp³-hybridized carbons (Fsp3) is 0.517. The molecule has 0 aliphatic carbocycles. The molecule has 0 saturated carbocycles. The molecule has 0 amide bonds. The van der Waals surface area contributed by atoms with Gasteiger partial charge in [0.1, 0.15) is 0 Å². The van der Waals surface area contributed by atoms with Crippen LogP contribution in [0.1, 0.15) is 75.2 Å². The Hall–Kier alpha value is -1.90. The fourth-order valence-electron chi connectivity index (χ4n) is 4.29. The monoisotopic (exact) mass is 422 g/mol. The second kappa shape index (κ2) is 13.5. The quantitative estimate of drug-likeness (QED) is 0.255. The molecule has 0 aliphatic rings. The Morgan fingerprint density at radius 1 is 0.871 bits per heavy atom. The van der Waals surface area contributed by atoms with Crippen LogP contribution in [0.25, 0.3) is 6.08 Å². The third-order valence-electron chi connectivity index (χ3n) is 6.20. The van der Waals surface area contributed by atoms with Crippen LogP contribution in [0.15, 0.2) is 60.7 Å². The zero-order valence-electron chi connectivity index (χ0n) is 20.3. The Morgan fingerprint density at radius 3 is 2.19 bits per heavy atom. The zero-order chi connectivity index (χ0) is 22.5. The maximum atomic E-state index is 11.3. The average Bonchev–Trinajstić information content (AvgIpc) is 2.77. The molecule has 0 unspecified atom stereocenters. The fourth-order valence-corrected chi connectivity index (χ4v) is 4.29. The van der Waals surface area contributed by atoms with E-state index in [4.69, 9.17) is 0 Å². The van der Waals surface area contributed by atoms with Crippen molar-refractivity contribution in [2.45, 2.75) is 64.9 Å². The smallest absolute Gasteiger partial charge is 0.0972 e. The van der Waals surface area contributed by atoms with Gasteiger partial charge in [-0.2, -0.15) is 0 Å². The molecule has 0 saturated heterocycles. The molecule has 2 aromatic rings. The summed E-state index contributed by atoms with van der Waals surface area (Å²) >= 11 is 0. The van der Waals surface area contributed by atoms with Crippen molar-refractivity contribution in [1.29, 1.82) is 0 Å². The van der Waals surface area contributed by atoms with Gasteiger partial charge in [-0.15, -0.1) is 0 Å². The van der Waals surface area contributed by atoms with Crippen LogP contribution in [0, 0.1) is 5.92 Å². The van der Waals surface area contributed by atoms with E-state index in [9.17, 15) is 5.11 Å². The van der Waals surface area contributed by atoms with E-state index < -0.39 is 6.10 Å². The van der Waals surface area contributed by atoms with Gasteiger partial charge in [0.2, 0.25) is 0 Å². The SMILES string of the molecule is CCCCC[C@H](C[N+](C)(C)C/C=C/c1ccccc1)[C@H](O)c1ccc(CCCC)cc1. The normalized spacial score (nSPS) is 14.1. The molecule has 0 heterocycles. The number of benzene rings is 2. The van der Waals surface area contributed by atoms with E-state index in [2.05, 4.69) is 94.7 Å². The number of unbranched alkanes of at least 4 members (excludes halogenated alkanes) is 3. The lowest BCUT2D eigenvalue weighted by molar-refractivity contribution is -0.888. The molecular formula is C29H44NO+. The first-order chi connectivity index (χ1) is 14.9. The first-order valence-electron chi connectivity index (χ1n) is 12.3. The highest BCUT2D eigenvalue weighted by molar-refractivity contribution is 5.48. The first kappa shape index (κ1) is 25.4. The number of rotatable bonds is 14. The zero-order valence-corrected chi connectivity index (χ0v) is 20.3. The van der Waals surface area contributed by atoms with E-state index in [-0.39, 0.29) is 5.92 Å². The van der Waals surface area contributed by atoms with Crippen molar-refractivity contribution in [1.82, 2.24) is 0 Å². The minimum absolute atomic E-state index is 0.271. The lowest BCUT2D eigenvalue weighted by Crippen LogP contribution is -2.44. The van der Waals surface area contributed by atoms with Crippen molar-refractivity contribution in [3.63, 3.8) is 0 Å². The van der Waals surface area contributed by atoms with Gasteiger partial charge in [-0.05, 0) is 42.0 Å². The average molecular weight is 423 g/mol. The van der Waals surface area contributed by atoms with Crippen LogP contribution in [-0.4, -0.2) is 36.8 Å². The van der Waals surface area contributed by atoms with Crippen molar-refractivity contribution in [3.05, 3.63) is 77.4 Å². The molecular weight excluding hydrogens is 378 g/mol. The first-order valence-corrected chi connectivity index (χ1v) is 12.3. The van der Waals surface area contributed by atoms with Crippen LogP contribution in [0.4, 0.5) is 0 Å². The lowest BCUT2D eigenvalue weighted by atomic mass is 9.89. The number of nitrogens with zero attached hydrogens (tertiary/aromatic N) is 1. The van der Waals surface area contributed by atoms with Crippen molar-refractivity contribution in [2.75, 3.05) is 27.2 Å². The highest BCUT2D eigenvalue weighted by Gasteiger charge is 2.28. The second-order valence-corrected chi connectivity index (χ2v) is 9.66. The van der Waals surface area contributed by atoms with Gasteiger partial charge in [0.05, 0.1) is 33.3 Å². The standard InChI is InChI=1S/C29H44NO/c1-5-7-10-18-28(29(31)27-21-19-26(20-22-27)14-8-6-2)24-30(3,4)23-13-17-25-15-11-9-12-16-25/h9,11-13,15-17,19-22,28-29,31H,5-8,10,14,18,23-24H2,1-4H3/q+1/b17-13+/t28-,29-/m1/s1. The molecule has 0 radical (unpaired) electrons. The molecule has 31 heavy (non-hydrogen) atoms. The molecule has 0 spiro atoms. The summed E-state index contributed by atoms with van der Waals surface area (Å²) in [4.78, 5) is 0. The molecule has 2 aromatic carbocycles. The molecule has 1 N–H and O–H groups in total. The maximum absolute atomic E-state index is 11.3. The van der Waals surface area contributed by atoms with Gasteiger partial charge in [0.15, 0.2) is 0 Å². The van der Waals surface area contributed by atoms with E-state index >= 15 is 0 Å². The number of aliphatic hydroxyl groups is 1. The predicted octanol–water partition coefficient (Wildman–Crippen LogP) is 7.05. The minimum Gasteiger partial charge on any atom is -0.388 e. The Kier molecular flexibility index (Phi) is 11.0. The van der Waals surface area contributed by atoms with Crippen LogP contribution >= 0.6 is 0 Å². The van der Waals surface area contributed by atoms with Gasteiger partial charge in [-0.1, -0.05) is 100 Å². The molecule has 2 nitrogen and oxygen atoms in total. The summed E-state index contributed by atoms with van der Waals surface area (Å²) < 4.78 is 0.881. The third kappa shape index (κ3) is 9.41. The van der Waals surface area contributed by atoms with Crippen molar-refractivity contribution < 1.29 is 9.59 Å². The van der Waals surface area contributed by atoms with Crippen LogP contribution in [0.3, 0.4) is 0 Å². The summed E-state index contributed by atoms with van der Waals surface area (Å²) in [6, 6.07) is 19.2. The topological polar surface area (TPSA) is 20.2 Å². The lowest BCUT2D eigenvalue weighted by Gasteiger charge is -2.35. The Bertz CT molecular complexity index is 748. The third-order valence-corrected chi connectivity index (χ3v) is 6.20. The number of likely N-dealkylation sites (N-methyl/N-ethyl adjacent to an activating group) is 1. The van der Waals surface area contributed by atoms with Gasteiger partial charge in [0.25, 0.3) is 0 Å². The highest BCUT2D eigenvalue weighted by Crippen LogP contribution is 2.29. The summed E-state index contributed by atoms with van der Waals surface area (Å²) in [6.45, 7) is 6.41. The van der Waals surface area contributed by atoms with Crippen molar-refractivity contribution in [3.8, 4) is 0 Å². The number of hydrogen-bond donors (Lipinski definition) is 1. The van der Waals surface area contributed by atoms with Crippen LogP contribution in [0.5, 0.6) is 0 Å². The summed E-state index contributed by atoms with van der Waals surface area (Å²) in [5.74, 6) is 0.271. The minimum atomic E-state index is -0.396. The number of aliphatic hydroxyl groups excluding tert-OH is 1. The van der Waals surface area contributed by atoms with Crippen molar-refractivity contribution in [2.24, 2.45) is 5.92 Å². The summed E-state index contributed by atoms with van der Waals surface area (Å²) in [7, 11) is 4.56. The highest BCUT2D eigenvalue weighted by atomic mass is 16.3. The van der Waals surface area contributed by atoms with E-state index in [0.717, 1.165) is 36.0 Å². The molecule has 0 aromatic heterocycles. The molecule has 170 valence electrons. The van der Waals surface area contributed by atoms with Gasteiger partial charge in [-0.3, -0.25) is 0 Å². The summed E-state index contributed by atoms with van der Waals surface area (Å²) in [5.41, 5.74) is 3.69. The largest absolute Gasteiger partial charge is 0.388 e. The van der Waals surface area contributed by atoms with Gasteiger partial charge in [0, 0.05) is 5.92 Å². The molecule has 2 atom stereocenters. The molecule has 2 heteroatoms. The molecule has 0 aliphatic heterocycles. The van der Waals surface area contributed by atoms with E-state index in [1.54, 1.807) is 0 Å². The van der Waals surface area contributed by atoms with Crippen LogP contribution in [-0.2, 0) is 6.42 Å². The van der Waals surface area contributed by atoms with Crippen molar-refractivity contribution >= 4 is 6.08 Å². The van der Waals surface area contributed by atoms with E-state index in [1.807, 2.05) is 0 Å². The molecule has 0 fully saturated rings. The van der Waals surface area contributed by atoms with Crippen LogP contribution in [0.2, 0.25) is 0 Å². The van der Waals surface area contributed by atoms with Gasteiger partial charge >= 0.3 is 0 Å². The van der Waals surface area contributed by atoms with Crippen LogP contribution < -0.4 is 0 Å². The van der Waals surface area contributed by atoms with Gasteiger partial charge < -0.3 is 9.59 Å². The Morgan fingerprint density at radius 2 is 1.55 bits per heavy atom. The van der Waals surface area contributed by atoms with E-state index in [1.165, 1.54) is 43.2 Å². The predicted molar refractivity (Wildman–Crippen MR) is 135 cm³/mol. The molecule has 0 bridgehead atoms.